The second-order valence-electron chi connectivity index (χ2n) is 4.29. The molecule has 1 aromatic rings. The molecular weight excluding hydrogens is 253 g/mol. The lowest BCUT2D eigenvalue weighted by Crippen LogP contribution is -2.44. The number of nitrogens with zero attached hydrogens (tertiary/aromatic N) is 1. The van der Waals surface area contributed by atoms with Gasteiger partial charge in [-0.15, -0.1) is 0 Å². The Morgan fingerprint density at radius 1 is 1.37 bits per heavy atom. The van der Waals surface area contributed by atoms with Gasteiger partial charge in [-0.3, -0.25) is 14.5 Å². The first kappa shape index (κ1) is 13.2. The van der Waals surface area contributed by atoms with Gasteiger partial charge >= 0.3 is 5.97 Å². The van der Waals surface area contributed by atoms with Crippen molar-refractivity contribution in [1.29, 1.82) is 0 Å². The van der Waals surface area contributed by atoms with Crippen LogP contribution in [-0.2, 0) is 4.79 Å². The third-order valence-corrected chi connectivity index (χ3v) is 3.05. The van der Waals surface area contributed by atoms with Gasteiger partial charge in [-0.05, 0) is 18.6 Å². The molecule has 1 unspecified atom stereocenters. The lowest BCUT2D eigenvalue weighted by molar-refractivity contribution is -0.141. The smallest absolute Gasteiger partial charge is 0.326 e. The van der Waals surface area contributed by atoms with Crippen LogP contribution in [0.4, 0.5) is 4.39 Å². The van der Waals surface area contributed by atoms with E-state index in [1.54, 1.807) is 6.92 Å². The molecule has 0 fully saturated rings. The van der Waals surface area contributed by atoms with Crippen LogP contribution in [-0.4, -0.2) is 33.8 Å². The summed E-state index contributed by atoms with van der Waals surface area (Å²) in [4.78, 5) is 35.9. The van der Waals surface area contributed by atoms with Crippen molar-refractivity contribution in [3.8, 4) is 0 Å². The van der Waals surface area contributed by atoms with Crippen LogP contribution >= 0.6 is 0 Å². The lowest BCUT2D eigenvalue weighted by Gasteiger charge is -2.21. The molecule has 0 bridgehead atoms. The molecule has 1 atom stereocenters. The molecule has 1 heterocycles. The maximum atomic E-state index is 13.6. The molecule has 0 aromatic heterocycles. The summed E-state index contributed by atoms with van der Waals surface area (Å²) < 4.78 is 13.6. The first-order chi connectivity index (χ1) is 8.99. The standard InChI is InChI=1S/C13H12FNO4/c1-2-4-9(13(18)19)15-11(16)7-5-3-6-8(14)10(7)12(15)17/h3,5-6,9H,2,4H2,1H3,(H,18,19). The normalized spacial score (nSPS) is 15.6. The van der Waals surface area contributed by atoms with Gasteiger partial charge in [0.15, 0.2) is 0 Å². The lowest BCUT2D eigenvalue weighted by atomic mass is 10.1. The molecule has 0 saturated heterocycles. The highest BCUT2D eigenvalue weighted by molar-refractivity contribution is 6.22. The maximum absolute atomic E-state index is 13.6. The van der Waals surface area contributed by atoms with Crippen LogP contribution in [0.1, 0.15) is 40.5 Å². The van der Waals surface area contributed by atoms with Gasteiger partial charge < -0.3 is 5.11 Å². The SMILES string of the molecule is CCCC(C(=O)O)N1C(=O)c2cccc(F)c2C1=O. The number of hydrogen-bond donors (Lipinski definition) is 1. The topological polar surface area (TPSA) is 74.7 Å². The predicted molar refractivity (Wildman–Crippen MR) is 63.2 cm³/mol. The van der Waals surface area contributed by atoms with Crippen molar-refractivity contribution in [3.63, 3.8) is 0 Å². The van der Waals surface area contributed by atoms with Gasteiger partial charge in [-0.25, -0.2) is 9.18 Å². The van der Waals surface area contributed by atoms with Crippen molar-refractivity contribution in [1.82, 2.24) is 4.90 Å². The number of fused-ring (bicyclic) bond motifs is 1. The minimum atomic E-state index is -1.27. The van der Waals surface area contributed by atoms with E-state index in [4.69, 9.17) is 5.11 Å². The van der Waals surface area contributed by atoms with Gasteiger partial charge in [0.05, 0.1) is 11.1 Å². The Bertz CT molecular complexity index is 570. The fraction of sp³-hybridized carbons (Fsp3) is 0.308. The predicted octanol–water partition coefficient (Wildman–Crippen LogP) is 1.68. The van der Waals surface area contributed by atoms with Crippen molar-refractivity contribution < 1.29 is 23.9 Å². The summed E-state index contributed by atoms with van der Waals surface area (Å²) in [7, 11) is 0. The number of aliphatic carboxylic acids is 1. The van der Waals surface area contributed by atoms with E-state index in [9.17, 15) is 18.8 Å². The Morgan fingerprint density at radius 3 is 2.58 bits per heavy atom. The number of carboxylic acids is 1. The van der Waals surface area contributed by atoms with Gasteiger partial charge in [0.1, 0.15) is 11.9 Å². The first-order valence-corrected chi connectivity index (χ1v) is 5.88. The zero-order valence-corrected chi connectivity index (χ0v) is 10.2. The van der Waals surface area contributed by atoms with E-state index in [2.05, 4.69) is 0 Å². The Labute approximate surface area is 108 Å². The van der Waals surface area contributed by atoms with E-state index < -0.39 is 29.6 Å². The number of rotatable bonds is 4. The Morgan fingerprint density at radius 2 is 2.05 bits per heavy atom. The zero-order valence-electron chi connectivity index (χ0n) is 10.2. The molecule has 100 valence electrons. The summed E-state index contributed by atoms with van der Waals surface area (Å²) in [6.07, 6.45) is 0.634. The largest absolute Gasteiger partial charge is 0.480 e. The van der Waals surface area contributed by atoms with E-state index in [0.29, 0.717) is 11.3 Å². The van der Waals surface area contributed by atoms with E-state index in [1.165, 1.54) is 12.1 Å². The second kappa shape index (κ2) is 4.79. The molecule has 0 aliphatic carbocycles. The van der Waals surface area contributed by atoms with E-state index in [0.717, 1.165) is 6.07 Å². The van der Waals surface area contributed by atoms with Crippen LogP contribution in [0.15, 0.2) is 18.2 Å². The Balaban J connectivity index is 2.47. The second-order valence-corrected chi connectivity index (χ2v) is 4.29. The van der Waals surface area contributed by atoms with Crippen LogP contribution in [0.5, 0.6) is 0 Å². The molecule has 0 saturated carbocycles. The molecule has 5 nitrogen and oxygen atoms in total. The van der Waals surface area contributed by atoms with Crippen LogP contribution < -0.4 is 0 Å². The van der Waals surface area contributed by atoms with Crippen LogP contribution in [0.3, 0.4) is 0 Å². The average molecular weight is 265 g/mol. The molecule has 1 aliphatic heterocycles. The Hall–Kier alpha value is -2.24. The molecule has 1 N–H and O–H groups in total. The fourth-order valence-corrected chi connectivity index (χ4v) is 2.18. The molecular formula is C13H12FNO4. The van der Waals surface area contributed by atoms with Crippen LogP contribution in [0.25, 0.3) is 0 Å². The molecule has 0 radical (unpaired) electrons. The summed E-state index contributed by atoms with van der Waals surface area (Å²) in [6.45, 7) is 1.74. The Kier molecular flexibility index (Phi) is 3.33. The highest BCUT2D eigenvalue weighted by Gasteiger charge is 2.43. The number of halogens is 1. The van der Waals surface area contributed by atoms with Crippen LogP contribution in [0, 0.1) is 5.82 Å². The van der Waals surface area contributed by atoms with Crippen molar-refractivity contribution in [3.05, 3.63) is 35.1 Å². The fourth-order valence-electron chi connectivity index (χ4n) is 2.18. The molecule has 2 rings (SSSR count). The van der Waals surface area contributed by atoms with Gasteiger partial charge in [0.25, 0.3) is 11.8 Å². The average Bonchev–Trinajstić information content (AvgIpc) is 2.60. The van der Waals surface area contributed by atoms with Crippen molar-refractivity contribution in [2.24, 2.45) is 0 Å². The quantitative estimate of drug-likeness (QED) is 0.840. The number of carboxylic acid groups (broad SMARTS) is 1. The number of carbonyl (C=O) groups excluding carboxylic acids is 2. The summed E-state index contributed by atoms with van der Waals surface area (Å²) in [5.74, 6) is -3.70. The summed E-state index contributed by atoms with van der Waals surface area (Å²) in [6, 6.07) is 2.46. The number of amides is 2. The zero-order chi connectivity index (χ0) is 14.2. The molecule has 6 heteroatoms. The highest BCUT2D eigenvalue weighted by Crippen LogP contribution is 2.28. The molecule has 0 spiro atoms. The molecule has 2 amide bonds. The third kappa shape index (κ3) is 1.99. The number of benzene rings is 1. The van der Waals surface area contributed by atoms with E-state index in [1.807, 2.05) is 0 Å². The van der Waals surface area contributed by atoms with Gasteiger partial charge in [0.2, 0.25) is 0 Å². The van der Waals surface area contributed by atoms with Gasteiger partial charge in [-0.2, -0.15) is 0 Å². The van der Waals surface area contributed by atoms with Crippen LogP contribution in [0.2, 0.25) is 0 Å². The molecule has 1 aromatic carbocycles. The highest BCUT2D eigenvalue weighted by atomic mass is 19.1. The monoisotopic (exact) mass is 265 g/mol. The summed E-state index contributed by atoms with van der Waals surface area (Å²) in [5, 5.41) is 9.11. The van der Waals surface area contributed by atoms with E-state index in [-0.39, 0.29) is 17.5 Å². The number of imide groups is 1. The van der Waals surface area contributed by atoms with Crippen molar-refractivity contribution in [2.75, 3.05) is 0 Å². The minimum Gasteiger partial charge on any atom is -0.480 e. The van der Waals surface area contributed by atoms with Gasteiger partial charge in [0, 0.05) is 0 Å². The van der Waals surface area contributed by atoms with Gasteiger partial charge in [-0.1, -0.05) is 19.4 Å². The third-order valence-electron chi connectivity index (χ3n) is 3.05. The molecule has 1 aliphatic rings. The first-order valence-electron chi connectivity index (χ1n) is 5.88. The minimum absolute atomic E-state index is 0.0765. The van der Waals surface area contributed by atoms with Crippen molar-refractivity contribution in [2.45, 2.75) is 25.8 Å². The summed E-state index contributed by atoms with van der Waals surface area (Å²) in [5.41, 5.74) is -0.415. The van der Waals surface area contributed by atoms with E-state index >= 15 is 0 Å². The maximum Gasteiger partial charge on any atom is 0.326 e. The number of hydrogen-bond acceptors (Lipinski definition) is 3. The summed E-state index contributed by atoms with van der Waals surface area (Å²) >= 11 is 0. The molecule has 19 heavy (non-hydrogen) atoms. The van der Waals surface area contributed by atoms with Crippen molar-refractivity contribution >= 4 is 17.8 Å². The number of carbonyl (C=O) groups is 3.